The maximum absolute atomic E-state index is 11.9. The lowest BCUT2D eigenvalue weighted by Gasteiger charge is -2.32. The summed E-state index contributed by atoms with van der Waals surface area (Å²) in [6, 6.07) is 2.09. The van der Waals surface area contributed by atoms with Crippen LogP contribution in [0.2, 0.25) is 0 Å². The van der Waals surface area contributed by atoms with Gasteiger partial charge in [-0.05, 0) is 30.4 Å². The van der Waals surface area contributed by atoms with E-state index in [1.807, 2.05) is 16.3 Å². The van der Waals surface area contributed by atoms with Gasteiger partial charge in [0.15, 0.2) is 0 Å². The molecule has 3 aromatic heterocycles. The van der Waals surface area contributed by atoms with Crippen molar-refractivity contribution in [2.75, 3.05) is 23.7 Å². The van der Waals surface area contributed by atoms with Gasteiger partial charge in [-0.15, -0.1) is 11.3 Å². The lowest BCUT2D eigenvalue weighted by Crippen LogP contribution is -2.44. The van der Waals surface area contributed by atoms with E-state index in [0.29, 0.717) is 18.2 Å². The Morgan fingerprint density at radius 1 is 1.46 bits per heavy atom. The molecule has 0 spiro atoms. The number of likely N-dealkylation sites (tertiary alicyclic amines) is 1. The van der Waals surface area contributed by atoms with Gasteiger partial charge in [0, 0.05) is 19.1 Å². The number of carbonyl (C=O) groups is 1. The number of rotatable bonds is 5. The normalized spacial score (nSPS) is 17.2. The van der Waals surface area contributed by atoms with Crippen molar-refractivity contribution < 1.29 is 9.32 Å². The fourth-order valence-electron chi connectivity index (χ4n) is 3.03. The van der Waals surface area contributed by atoms with Gasteiger partial charge in [0.05, 0.1) is 16.4 Å². The molecule has 1 fully saturated rings. The van der Waals surface area contributed by atoms with Crippen LogP contribution in [0.25, 0.3) is 10.2 Å². The molecule has 1 aliphatic rings. The van der Waals surface area contributed by atoms with Crippen LogP contribution in [0.5, 0.6) is 0 Å². The van der Waals surface area contributed by atoms with Crippen LogP contribution in [0.15, 0.2) is 41.1 Å². The third-order valence-electron chi connectivity index (χ3n) is 4.24. The van der Waals surface area contributed by atoms with Crippen LogP contribution in [0, 0.1) is 0 Å². The number of piperidine rings is 1. The van der Waals surface area contributed by atoms with E-state index < -0.39 is 0 Å². The highest BCUT2D eigenvalue weighted by atomic mass is 32.1. The molecule has 2 N–H and O–H groups in total. The minimum Gasteiger partial charge on any atom is -0.364 e. The van der Waals surface area contributed by atoms with Crippen molar-refractivity contribution in [3.63, 3.8) is 0 Å². The number of aromatic nitrogens is 3. The van der Waals surface area contributed by atoms with Crippen LogP contribution in [-0.4, -0.2) is 45.1 Å². The molecule has 4 heterocycles. The largest absolute Gasteiger partial charge is 0.364 e. The lowest BCUT2D eigenvalue weighted by molar-refractivity contribution is -0.127. The van der Waals surface area contributed by atoms with Crippen molar-refractivity contribution in [2.45, 2.75) is 18.9 Å². The van der Waals surface area contributed by atoms with Crippen LogP contribution >= 0.6 is 11.3 Å². The summed E-state index contributed by atoms with van der Waals surface area (Å²) in [4.78, 5) is 22.9. The molecule has 3 aromatic rings. The van der Waals surface area contributed by atoms with E-state index in [0.717, 1.165) is 35.4 Å². The van der Waals surface area contributed by atoms with Gasteiger partial charge in [0.1, 0.15) is 17.8 Å². The van der Waals surface area contributed by atoms with Gasteiger partial charge in [-0.1, -0.05) is 11.7 Å². The van der Waals surface area contributed by atoms with E-state index in [1.54, 1.807) is 17.5 Å². The summed E-state index contributed by atoms with van der Waals surface area (Å²) in [6.45, 7) is 4.97. The molecule has 134 valence electrons. The van der Waals surface area contributed by atoms with E-state index in [2.05, 4.69) is 32.3 Å². The van der Waals surface area contributed by atoms with Gasteiger partial charge in [-0.25, -0.2) is 4.98 Å². The zero-order valence-corrected chi connectivity index (χ0v) is 14.8. The Labute approximate surface area is 153 Å². The molecule has 9 heteroatoms. The summed E-state index contributed by atoms with van der Waals surface area (Å²) < 4.78 is 5.82. The number of fused-ring (bicyclic) bond motifs is 1. The Bertz CT molecular complexity index is 923. The molecule has 0 saturated carbocycles. The minimum absolute atomic E-state index is 0.0322. The fourth-order valence-corrected chi connectivity index (χ4v) is 3.81. The number of anilines is 3. The number of amides is 1. The quantitative estimate of drug-likeness (QED) is 0.666. The Kier molecular flexibility index (Phi) is 4.53. The summed E-state index contributed by atoms with van der Waals surface area (Å²) in [6.07, 6.45) is 6.35. The molecule has 0 radical (unpaired) electrons. The summed E-state index contributed by atoms with van der Waals surface area (Å²) in [5.74, 6) is 1.20. The maximum Gasteiger partial charge on any atom is 0.246 e. The van der Waals surface area contributed by atoms with E-state index >= 15 is 0 Å². The zero-order chi connectivity index (χ0) is 17.9. The van der Waals surface area contributed by atoms with Crippen molar-refractivity contribution in [3.8, 4) is 0 Å². The van der Waals surface area contributed by atoms with E-state index in [1.165, 1.54) is 12.3 Å². The number of nitrogens with one attached hydrogen (secondary N) is 2. The average molecular weight is 370 g/mol. The first kappa shape index (κ1) is 16.5. The first-order chi connectivity index (χ1) is 12.7. The number of thiophene rings is 1. The third-order valence-corrected chi connectivity index (χ3v) is 5.15. The molecule has 4 rings (SSSR count). The minimum atomic E-state index is -0.0322. The van der Waals surface area contributed by atoms with Crippen molar-refractivity contribution in [3.05, 3.63) is 36.6 Å². The Morgan fingerprint density at radius 3 is 3.19 bits per heavy atom. The first-order valence-corrected chi connectivity index (χ1v) is 9.20. The van der Waals surface area contributed by atoms with Crippen LogP contribution < -0.4 is 10.6 Å². The molecule has 1 atom stereocenters. The van der Waals surface area contributed by atoms with Crippen molar-refractivity contribution in [2.24, 2.45) is 0 Å². The Balaban J connectivity index is 1.58. The third kappa shape index (κ3) is 3.38. The van der Waals surface area contributed by atoms with Gasteiger partial charge < -0.3 is 20.1 Å². The fraction of sp³-hybridized carbons (Fsp3) is 0.294. The molecule has 26 heavy (non-hydrogen) atoms. The zero-order valence-electron chi connectivity index (χ0n) is 14.0. The molecule has 0 bridgehead atoms. The molecule has 1 amide bonds. The van der Waals surface area contributed by atoms with E-state index in [9.17, 15) is 4.79 Å². The van der Waals surface area contributed by atoms with Gasteiger partial charge in [-0.2, -0.15) is 4.98 Å². The smallest absolute Gasteiger partial charge is 0.246 e. The van der Waals surface area contributed by atoms with E-state index in [-0.39, 0.29) is 11.9 Å². The van der Waals surface area contributed by atoms with Crippen LogP contribution in [0.3, 0.4) is 0 Å². The molecule has 0 aromatic carbocycles. The van der Waals surface area contributed by atoms with Gasteiger partial charge in [0.2, 0.25) is 11.9 Å². The number of hydrogen-bond donors (Lipinski definition) is 2. The first-order valence-electron chi connectivity index (χ1n) is 8.32. The second-order valence-electron chi connectivity index (χ2n) is 6.04. The number of carbonyl (C=O) groups excluding carboxylic acids is 1. The van der Waals surface area contributed by atoms with Crippen LogP contribution in [0.1, 0.15) is 12.8 Å². The summed E-state index contributed by atoms with van der Waals surface area (Å²) in [7, 11) is 0. The van der Waals surface area contributed by atoms with Gasteiger partial charge in [0.25, 0.3) is 0 Å². The van der Waals surface area contributed by atoms with Crippen molar-refractivity contribution >= 4 is 44.9 Å². The average Bonchev–Trinajstić information content (AvgIpc) is 3.33. The van der Waals surface area contributed by atoms with E-state index in [4.69, 9.17) is 4.52 Å². The molecular weight excluding hydrogens is 352 g/mol. The molecule has 1 aliphatic heterocycles. The Morgan fingerprint density at radius 2 is 2.38 bits per heavy atom. The second kappa shape index (κ2) is 7.12. The molecule has 0 aliphatic carbocycles. The number of hydrogen-bond acceptors (Lipinski definition) is 8. The highest BCUT2D eigenvalue weighted by molar-refractivity contribution is 7.17. The van der Waals surface area contributed by atoms with Crippen LogP contribution in [0.4, 0.5) is 17.5 Å². The summed E-state index contributed by atoms with van der Waals surface area (Å²) >= 11 is 1.59. The lowest BCUT2D eigenvalue weighted by atomic mass is 10.1. The van der Waals surface area contributed by atoms with Gasteiger partial charge in [-0.3, -0.25) is 4.79 Å². The van der Waals surface area contributed by atoms with Crippen LogP contribution in [-0.2, 0) is 4.79 Å². The maximum atomic E-state index is 11.9. The molecule has 0 unspecified atom stereocenters. The Hall–Kier alpha value is -2.94. The SMILES string of the molecule is C=CC(=O)N1CCC[C@@H](Nc2nc(Nc3cnoc3)nc3ccsc23)C1. The molecule has 8 nitrogen and oxygen atoms in total. The highest BCUT2D eigenvalue weighted by Gasteiger charge is 2.23. The standard InChI is InChI=1S/C17H18N6O2S/c1-2-14(24)23-6-3-4-11(9-23)19-16-15-13(5-7-26-15)21-17(22-16)20-12-8-18-25-10-12/h2,5,7-8,10-11H,1,3-4,6,9H2,(H2,19,20,21,22)/t11-/m1/s1. The summed E-state index contributed by atoms with van der Waals surface area (Å²) in [5.41, 5.74) is 1.55. The van der Waals surface area contributed by atoms with Crippen molar-refractivity contribution in [1.82, 2.24) is 20.0 Å². The topological polar surface area (TPSA) is 96.2 Å². The molecular formula is C17H18N6O2S. The summed E-state index contributed by atoms with van der Waals surface area (Å²) in [5, 5.41) is 12.2. The highest BCUT2D eigenvalue weighted by Crippen LogP contribution is 2.29. The van der Waals surface area contributed by atoms with Gasteiger partial charge >= 0.3 is 0 Å². The predicted molar refractivity (Wildman–Crippen MR) is 101 cm³/mol. The second-order valence-corrected chi connectivity index (χ2v) is 6.96. The molecule has 1 saturated heterocycles. The predicted octanol–water partition coefficient (Wildman–Crippen LogP) is 3.01. The monoisotopic (exact) mass is 370 g/mol. The van der Waals surface area contributed by atoms with Crippen molar-refractivity contribution in [1.29, 1.82) is 0 Å². The number of nitrogens with zero attached hydrogens (tertiary/aromatic N) is 4.